The number of aryl methyl sites for hydroxylation is 1. The van der Waals surface area contributed by atoms with Gasteiger partial charge in [0.25, 0.3) is 5.91 Å². The molecule has 0 radical (unpaired) electrons. The van der Waals surface area contributed by atoms with Crippen LogP contribution in [0.3, 0.4) is 0 Å². The Morgan fingerprint density at radius 3 is 2.26 bits per heavy atom. The SMILES string of the molecule is COc1ccc(COC(CNCc2ccccc2)C2=C(C(=O)NCc3ccc(C)cc3)C(c3ccc(F)cc3)OC2)cc1. The third kappa shape index (κ3) is 8.17. The number of hydrogen-bond donors (Lipinski definition) is 2. The normalized spacial score (nSPS) is 15.4. The monoisotopic (exact) mass is 580 g/mol. The lowest BCUT2D eigenvalue weighted by Crippen LogP contribution is -2.34. The predicted octanol–water partition coefficient (Wildman–Crippen LogP) is 6.20. The molecule has 222 valence electrons. The van der Waals surface area contributed by atoms with Crippen molar-refractivity contribution < 1.29 is 23.4 Å². The van der Waals surface area contributed by atoms with Crippen molar-refractivity contribution in [2.75, 3.05) is 20.3 Å². The van der Waals surface area contributed by atoms with E-state index in [1.165, 1.54) is 12.1 Å². The van der Waals surface area contributed by atoms with Crippen LogP contribution in [0, 0.1) is 12.7 Å². The fraction of sp³-hybridized carbons (Fsp3) is 0.250. The van der Waals surface area contributed by atoms with Gasteiger partial charge in [0.15, 0.2) is 0 Å². The molecule has 0 saturated carbocycles. The van der Waals surface area contributed by atoms with Crippen LogP contribution in [-0.2, 0) is 34.0 Å². The third-order valence-electron chi connectivity index (χ3n) is 7.51. The predicted molar refractivity (Wildman–Crippen MR) is 165 cm³/mol. The highest BCUT2D eigenvalue weighted by Crippen LogP contribution is 2.37. The minimum absolute atomic E-state index is 0.218. The van der Waals surface area contributed by atoms with Gasteiger partial charge < -0.3 is 24.8 Å². The number of carbonyl (C=O) groups excluding carboxylic acids is 1. The lowest BCUT2D eigenvalue weighted by molar-refractivity contribution is -0.118. The number of hydrogen-bond acceptors (Lipinski definition) is 5. The highest BCUT2D eigenvalue weighted by molar-refractivity contribution is 5.96. The first-order chi connectivity index (χ1) is 21.0. The summed E-state index contributed by atoms with van der Waals surface area (Å²) in [6, 6.07) is 32.0. The van der Waals surface area contributed by atoms with Gasteiger partial charge in [0.05, 0.1) is 32.0 Å². The molecule has 0 aromatic heterocycles. The summed E-state index contributed by atoms with van der Waals surface area (Å²) in [5, 5.41) is 6.59. The van der Waals surface area contributed by atoms with Crippen molar-refractivity contribution in [1.82, 2.24) is 10.6 Å². The van der Waals surface area contributed by atoms with Gasteiger partial charge in [-0.05, 0) is 59.0 Å². The zero-order valence-corrected chi connectivity index (χ0v) is 24.5. The summed E-state index contributed by atoms with van der Waals surface area (Å²) in [6.07, 6.45) is -1.09. The Labute approximate surface area is 252 Å². The average molecular weight is 581 g/mol. The first kappa shape index (κ1) is 30.2. The van der Waals surface area contributed by atoms with Gasteiger partial charge in [0.2, 0.25) is 0 Å². The van der Waals surface area contributed by atoms with E-state index >= 15 is 0 Å². The molecular formula is C36H37FN2O4. The molecule has 1 aliphatic heterocycles. The van der Waals surface area contributed by atoms with E-state index < -0.39 is 12.2 Å². The van der Waals surface area contributed by atoms with Gasteiger partial charge in [0.1, 0.15) is 17.7 Å². The molecule has 7 heteroatoms. The molecule has 1 amide bonds. The standard InChI is InChI=1S/C36H37FN2O4/c1-25-8-10-27(11-9-25)21-39-36(40)34-32(24-43-35(34)29-14-16-30(37)17-15-29)33(22-38-20-26-6-4-3-5-7-26)42-23-28-12-18-31(41-2)19-13-28/h3-19,33,35,38H,20-24H2,1-2H3,(H,39,40). The van der Waals surface area contributed by atoms with Gasteiger partial charge in [0, 0.05) is 19.6 Å². The second kappa shape index (κ2) is 14.7. The van der Waals surface area contributed by atoms with Crippen molar-refractivity contribution in [3.63, 3.8) is 0 Å². The van der Waals surface area contributed by atoms with Crippen LogP contribution in [0.1, 0.15) is 33.9 Å². The second-order valence-electron chi connectivity index (χ2n) is 10.6. The topological polar surface area (TPSA) is 68.8 Å². The number of nitrogens with one attached hydrogen (secondary N) is 2. The summed E-state index contributed by atoms with van der Waals surface area (Å²) in [5.74, 6) is 0.192. The van der Waals surface area contributed by atoms with Crippen molar-refractivity contribution in [3.05, 3.63) is 148 Å². The summed E-state index contributed by atoms with van der Waals surface area (Å²) < 4.78 is 31.8. The third-order valence-corrected chi connectivity index (χ3v) is 7.51. The number of rotatable bonds is 13. The molecule has 6 nitrogen and oxygen atoms in total. The van der Waals surface area contributed by atoms with Crippen LogP contribution in [0.25, 0.3) is 0 Å². The summed E-state index contributed by atoms with van der Waals surface area (Å²) in [7, 11) is 1.63. The van der Waals surface area contributed by atoms with Gasteiger partial charge in [-0.1, -0.05) is 84.4 Å². The summed E-state index contributed by atoms with van der Waals surface area (Å²) in [4.78, 5) is 13.9. The lowest BCUT2D eigenvalue weighted by atomic mass is 9.95. The number of ether oxygens (including phenoxy) is 3. The van der Waals surface area contributed by atoms with Crippen LogP contribution in [0.4, 0.5) is 4.39 Å². The van der Waals surface area contributed by atoms with E-state index in [2.05, 4.69) is 22.8 Å². The van der Waals surface area contributed by atoms with E-state index in [1.54, 1.807) is 19.2 Å². The number of carbonyl (C=O) groups is 1. The number of halogens is 1. The van der Waals surface area contributed by atoms with Crippen LogP contribution in [-0.4, -0.2) is 32.3 Å². The smallest absolute Gasteiger partial charge is 0.250 e. The van der Waals surface area contributed by atoms with E-state index in [9.17, 15) is 9.18 Å². The quantitative estimate of drug-likeness (QED) is 0.197. The summed E-state index contributed by atoms with van der Waals surface area (Å²) in [5.41, 5.74) is 6.26. The zero-order valence-electron chi connectivity index (χ0n) is 24.5. The van der Waals surface area contributed by atoms with E-state index in [-0.39, 0.29) is 18.3 Å². The van der Waals surface area contributed by atoms with E-state index in [4.69, 9.17) is 14.2 Å². The van der Waals surface area contributed by atoms with Crippen LogP contribution >= 0.6 is 0 Å². The Balaban J connectivity index is 1.42. The first-order valence-electron chi connectivity index (χ1n) is 14.4. The van der Waals surface area contributed by atoms with Crippen molar-refractivity contribution >= 4 is 5.91 Å². The maximum atomic E-state index is 13.9. The molecule has 4 aromatic carbocycles. The summed E-state index contributed by atoms with van der Waals surface area (Å²) >= 11 is 0. The van der Waals surface area contributed by atoms with Crippen molar-refractivity contribution in [2.45, 2.75) is 38.8 Å². The van der Waals surface area contributed by atoms with Gasteiger partial charge in [-0.3, -0.25) is 4.79 Å². The van der Waals surface area contributed by atoms with Crippen LogP contribution in [0.2, 0.25) is 0 Å². The zero-order chi connectivity index (χ0) is 30.0. The van der Waals surface area contributed by atoms with Crippen LogP contribution in [0.5, 0.6) is 5.75 Å². The number of benzene rings is 4. The maximum absolute atomic E-state index is 13.9. The molecule has 1 heterocycles. The van der Waals surface area contributed by atoms with Crippen molar-refractivity contribution in [3.8, 4) is 5.75 Å². The molecule has 0 aliphatic carbocycles. The molecule has 0 spiro atoms. The van der Waals surface area contributed by atoms with E-state index in [0.717, 1.165) is 33.6 Å². The van der Waals surface area contributed by atoms with Gasteiger partial charge in [-0.25, -0.2) is 4.39 Å². The molecule has 2 atom stereocenters. The average Bonchev–Trinajstić information content (AvgIpc) is 3.48. The molecule has 0 saturated heterocycles. The maximum Gasteiger partial charge on any atom is 0.250 e. The van der Waals surface area contributed by atoms with Crippen LogP contribution in [0.15, 0.2) is 114 Å². The highest BCUT2D eigenvalue weighted by atomic mass is 19.1. The fourth-order valence-electron chi connectivity index (χ4n) is 5.06. The molecule has 0 fully saturated rings. The molecular weight excluding hydrogens is 543 g/mol. The molecule has 0 bridgehead atoms. The summed E-state index contributed by atoms with van der Waals surface area (Å²) in [6.45, 7) is 4.07. The molecule has 5 rings (SSSR count). The second-order valence-corrected chi connectivity index (χ2v) is 10.6. The lowest BCUT2D eigenvalue weighted by Gasteiger charge is -2.22. The molecule has 4 aromatic rings. The Hall–Kier alpha value is -4.30. The van der Waals surface area contributed by atoms with Gasteiger partial charge in [-0.2, -0.15) is 0 Å². The Kier molecular flexibility index (Phi) is 10.3. The number of amides is 1. The molecule has 1 aliphatic rings. The minimum atomic E-state index is -0.644. The van der Waals surface area contributed by atoms with E-state index in [0.29, 0.717) is 37.4 Å². The molecule has 2 unspecified atom stereocenters. The highest BCUT2D eigenvalue weighted by Gasteiger charge is 2.36. The van der Waals surface area contributed by atoms with E-state index in [1.807, 2.05) is 73.7 Å². The Morgan fingerprint density at radius 1 is 0.884 bits per heavy atom. The van der Waals surface area contributed by atoms with Crippen molar-refractivity contribution in [1.29, 1.82) is 0 Å². The van der Waals surface area contributed by atoms with Gasteiger partial charge in [-0.15, -0.1) is 0 Å². The first-order valence-corrected chi connectivity index (χ1v) is 14.4. The van der Waals surface area contributed by atoms with Gasteiger partial charge >= 0.3 is 0 Å². The largest absolute Gasteiger partial charge is 0.497 e. The Bertz CT molecular complexity index is 1500. The van der Waals surface area contributed by atoms with Crippen molar-refractivity contribution in [2.24, 2.45) is 0 Å². The van der Waals surface area contributed by atoms with Crippen LogP contribution < -0.4 is 15.4 Å². The fourth-order valence-corrected chi connectivity index (χ4v) is 5.06. The minimum Gasteiger partial charge on any atom is -0.497 e. The number of methoxy groups -OCH3 is 1. The molecule has 43 heavy (non-hydrogen) atoms. The Morgan fingerprint density at radius 2 is 1.56 bits per heavy atom. The molecule has 2 N–H and O–H groups in total.